The highest BCUT2D eigenvalue weighted by Gasteiger charge is 2.18. The first-order valence-electron chi connectivity index (χ1n) is 10.4. The van der Waals surface area contributed by atoms with Crippen LogP contribution in [0.3, 0.4) is 0 Å². The largest absolute Gasteiger partial charge is 0.332 e. The van der Waals surface area contributed by atoms with E-state index in [1.807, 2.05) is 60.7 Å². The summed E-state index contributed by atoms with van der Waals surface area (Å²) >= 11 is 0. The topological polar surface area (TPSA) is 99.1 Å². The van der Waals surface area contributed by atoms with Gasteiger partial charge in [-0.3, -0.25) is 18.9 Å². The highest BCUT2D eigenvalue weighted by atomic mass is 16.2. The third-order valence-electron chi connectivity index (χ3n) is 5.59. The molecule has 3 heterocycles. The lowest BCUT2D eigenvalue weighted by Gasteiger charge is -2.08. The fourth-order valence-corrected chi connectivity index (χ4v) is 3.84. The van der Waals surface area contributed by atoms with Crippen molar-refractivity contribution >= 4 is 34.2 Å². The van der Waals surface area contributed by atoms with Crippen LogP contribution in [0, 0.1) is 0 Å². The minimum Gasteiger partial charge on any atom is -0.306 e. The number of aryl methyl sites for hydroxylation is 2. The maximum absolute atomic E-state index is 13.2. The number of hydrogen-bond donors (Lipinski definition) is 1. The molecule has 0 unspecified atom stereocenters. The predicted octanol–water partition coefficient (Wildman–Crippen LogP) is 2.48. The third-order valence-corrected chi connectivity index (χ3v) is 5.59. The first-order valence-corrected chi connectivity index (χ1v) is 10.4. The number of hydrazone groups is 1. The molecular weight excluding hydrogens is 418 g/mol. The third kappa shape index (κ3) is 3.59. The van der Waals surface area contributed by atoms with E-state index in [1.54, 1.807) is 31.1 Å². The molecule has 5 rings (SSSR count). The van der Waals surface area contributed by atoms with Gasteiger partial charge in [-0.2, -0.15) is 10.1 Å². The van der Waals surface area contributed by atoms with Gasteiger partial charge < -0.3 is 4.57 Å². The lowest BCUT2D eigenvalue weighted by atomic mass is 10.1. The number of imidazole rings is 1. The van der Waals surface area contributed by atoms with E-state index >= 15 is 0 Å². The minimum atomic E-state index is -0.423. The number of aromatic nitrogens is 5. The number of nitrogens with zero attached hydrogens (tertiary/aromatic N) is 6. The molecule has 33 heavy (non-hydrogen) atoms. The number of rotatable bonds is 5. The Hall–Kier alpha value is -4.53. The first-order chi connectivity index (χ1) is 16.0. The minimum absolute atomic E-state index is 0.184. The average molecular weight is 439 g/mol. The van der Waals surface area contributed by atoms with Gasteiger partial charge in [-0.25, -0.2) is 10.2 Å². The SMILES string of the molecule is Cn1c(N/N=C\c2ccnc3ccccc23)nc2c1c(=O)n(Cc1ccccc1)c(=O)n2C. The molecule has 164 valence electrons. The molecule has 9 heteroatoms. The summed E-state index contributed by atoms with van der Waals surface area (Å²) in [5, 5.41) is 5.28. The quantitative estimate of drug-likeness (QED) is 0.335. The van der Waals surface area contributed by atoms with Crippen LogP contribution in [0.2, 0.25) is 0 Å². The maximum atomic E-state index is 13.2. The fourth-order valence-electron chi connectivity index (χ4n) is 3.84. The number of hydrogen-bond acceptors (Lipinski definition) is 6. The Morgan fingerprint density at radius 3 is 2.55 bits per heavy atom. The second-order valence-corrected chi connectivity index (χ2v) is 7.67. The smallest absolute Gasteiger partial charge is 0.306 e. The molecule has 3 aromatic heterocycles. The van der Waals surface area contributed by atoms with E-state index < -0.39 is 11.2 Å². The van der Waals surface area contributed by atoms with Crippen molar-refractivity contribution in [1.82, 2.24) is 23.7 Å². The molecule has 0 aliphatic carbocycles. The van der Waals surface area contributed by atoms with Crippen molar-refractivity contribution in [2.45, 2.75) is 6.54 Å². The van der Waals surface area contributed by atoms with E-state index in [-0.39, 0.29) is 6.54 Å². The van der Waals surface area contributed by atoms with Crippen LogP contribution in [0.4, 0.5) is 5.95 Å². The van der Waals surface area contributed by atoms with Gasteiger partial charge in [0, 0.05) is 31.2 Å². The van der Waals surface area contributed by atoms with Crippen molar-refractivity contribution in [2.75, 3.05) is 5.43 Å². The summed E-state index contributed by atoms with van der Waals surface area (Å²) in [7, 11) is 3.32. The number of nitrogens with one attached hydrogen (secondary N) is 1. The van der Waals surface area contributed by atoms with Crippen molar-refractivity contribution in [2.24, 2.45) is 19.2 Å². The summed E-state index contributed by atoms with van der Waals surface area (Å²) < 4.78 is 4.21. The van der Waals surface area contributed by atoms with E-state index in [1.165, 1.54) is 9.13 Å². The van der Waals surface area contributed by atoms with E-state index in [0.717, 1.165) is 22.0 Å². The van der Waals surface area contributed by atoms with Gasteiger partial charge in [0.25, 0.3) is 5.56 Å². The second kappa shape index (κ2) is 8.19. The second-order valence-electron chi connectivity index (χ2n) is 7.67. The molecule has 0 aliphatic rings. The van der Waals surface area contributed by atoms with Crippen LogP contribution in [0.15, 0.2) is 81.6 Å². The Labute approximate surface area is 188 Å². The number of pyridine rings is 1. The summed E-state index contributed by atoms with van der Waals surface area (Å²) in [6.45, 7) is 0.184. The van der Waals surface area contributed by atoms with Gasteiger partial charge in [0.05, 0.1) is 18.3 Å². The zero-order chi connectivity index (χ0) is 22.9. The van der Waals surface area contributed by atoms with Crippen molar-refractivity contribution in [1.29, 1.82) is 0 Å². The van der Waals surface area contributed by atoms with Crippen LogP contribution in [0.25, 0.3) is 22.1 Å². The van der Waals surface area contributed by atoms with Gasteiger partial charge in [0.2, 0.25) is 5.95 Å². The number of anilines is 1. The molecule has 0 saturated carbocycles. The van der Waals surface area contributed by atoms with Gasteiger partial charge in [0.15, 0.2) is 11.2 Å². The summed E-state index contributed by atoms with van der Waals surface area (Å²) in [5.41, 5.74) is 5.32. The first kappa shape index (κ1) is 20.4. The Bertz CT molecular complexity index is 1620. The molecule has 0 spiro atoms. The van der Waals surface area contributed by atoms with Gasteiger partial charge in [-0.1, -0.05) is 48.5 Å². The molecule has 5 aromatic rings. The number of benzene rings is 2. The monoisotopic (exact) mass is 439 g/mol. The fraction of sp³-hybridized carbons (Fsp3) is 0.125. The number of para-hydroxylation sites is 1. The lowest BCUT2D eigenvalue weighted by molar-refractivity contribution is 0.655. The molecule has 0 fully saturated rings. The van der Waals surface area contributed by atoms with Gasteiger partial charge in [-0.15, -0.1) is 0 Å². The van der Waals surface area contributed by atoms with Crippen LogP contribution in [0.5, 0.6) is 0 Å². The summed E-state index contributed by atoms with van der Waals surface area (Å²) in [4.78, 5) is 34.9. The molecule has 1 N–H and O–H groups in total. The lowest BCUT2D eigenvalue weighted by Crippen LogP contribution is -2.39. The van der Waals surface area contributed by atoms with Gasteiger partial charge >= 0.3 is 5.69 Å². The Kier molecular flexibility index (Phi) is 5.06. The predicted molar refractivity (Wildman–Crippen MR) is 129 cm³/mol. The molecule has 0 radical (unpaired) electrons. The van der Waals surface area contributed by atoms with E-state index in [0.29, 0.717) is 17.1 Å². The van der Waals surface area contributed by atoms with Gasteiger partial charge in [-0.05, 0) is 17.7 Å². The van der Waals surface area contributed by atoms with Crippen LogP contribution in [-0.2, 0) is 20.6 Å². The molecule has 0 aliphatic heterocycles. The van der Waals surface area contributed by atoms with Crippen LogP contribution >= 0.6 is 0 Å². The summed E-state index contributed by atoms with van der Waals surface area (Å²) in [6.07, 6.45) is 3.40. The van der Waals surface area contributed by atoms with E-state index in [2.05, 4.69) is 20.5 Å². The van der Waals surface area contributed by atoms with Crippen LogP contribution < -0.4 is 16.7 Å². The molecule has 0 amide bonds. The molecule has 2 aromatic carbocycles. The molecule has 9 nitrogen and oxygen atoms in total. The molecule has 0 saturated heterocycles. The Morgan fingerprint density at radius 1 is 0.970 bits per heavy atom. The summed E-state index contributed by atoms with van der Waals surface area (Å²) in [6, 6.07) is 19.1. The number of fused-ring (bicyclic) bond motifs is 2. The Morgan fingerprint density at radius 2 is 1.73 bits per heavy atom. The van der Waals surface area contributed by atoms with E-state index in [9.17, 15) is 9.59 Å². The molecule has 0 bridgehead atoms. The van der Waals surface area contributed by atoms with Crippen molar-refractivity contribution < 1.29 is 0 Å². The maximum Gasteiger partial charge on any atom is 0.332 e. The highest BCUT2D eigenvalue weighted by molar-refractivity contribution is 5.98. The van der Waals surface area contributed by atoms with Crippen LogP contribution in [-0.4, -0.2) is 29.9 Å². The zero-order valence-corrected chi connectivity index (χ0v) is 18.1. The summed E-state index contributed by atoms with van der Waals surface area (Å²) in [5.74, 6) is 0.351. The van der Waals surface area contributed by atoms with Crippen LogP contribution in [0.1, 0.15) is 11.1 Å². The highest BCUT2D eigenvalue weighted by Crippen LogP contribution is 2.16. The van der Waals surface area contributed by atoms with E-state index in [4.69, 9.17) is 0 Å². The normalized spacial score (nSPS) is 11.6. The molecule has 0 atom stereocenters. The average Bonchev–Trinajstić information content (AvgIpc) is 3.17. The van der Waals surface area contributed by atoms with Crippen molar-refractivity contribution in [3.05, 3.63) is 98.8 Å². The van der Waals surface area contributed by atoms with Crippen molar-refractivity contribution in [3.8, 4) is 0 Å². The zero-order valence-electron chi connectivity index (χ0n) is 18.1. The van der Waals surface area contributed by atoms with Gasteiger partial charge in [0.1, 0.15) is 0 Å². The Balaban J connectivity index is 1.52. The standard InChI is InChI=1S/C24H21N7O2/c1-29-20-21(30(2)24(33)31(22(20)32)15-16-8-4-3-5-9-16)27-23(29)28-26-14-17-12-13-25-19-11-7-6-10-18(17)19/h3-14H,15H2,1-2H3,(H,27,28)/b26-14-. The van der Waals surface area contributed by atoms with Crippen molar-refractivity contribution in [3.63, 3.8) is 0 Å². The molecular formula is C24H21N7O2.